The molecule has 0 spiro atoms. The summed E-state index contributed by atoms with van der Waals surface area (Å²) in [5.41, 5.74) is 0.962. The van der Waals surface area contributed by atoms with Crippen molar-refractivity contribution in [2.24, 2.45) is 0 Å². The molecule has 4 heteroatoms. The third-order valence-electron chi connectivity index (χ3n) is 3.03. The van der Waals surface area contributed by atoms with E-state index in [1.54, 1.807) is 10.8 Å². The molecule has 0 aliphatic heterocycles. The quantitative estimate of drug-likeness (QED) is 0.766. The van der Waals surface area contributed by atoms with Crippen molar-refractivity contribution in [3.63, 3.8) is 0 Å². The summed E-state index contributed by atoms with van der Waals surface area (Å²) >= 11 is 5.93. The van der Waals surface area contributed by atoms with E-state index in [4.69, 9.17) is 11.6 Å². The van der Waals surface area contributed by atoms with Crippen LogP contribution in [-0.2, 0) is 0 Å². The lowest BCUT2D eigenvalue weighted by Gasteiger charge is -2.09. The van der Waals surface area contributed by atoms with Gasteiger partial charge in [0.1, 0.15) is 5.69 Å². The summed E-state index contributed by atoms with van der Waals surface area (Å²) in [6, 6.07) is 15.1. The van der Waals surface area contributed by atoms with Gasteiger partial charge < -0.3 is 9.67 Å². The molecule has 3 nitrogen and oxygen atoms in total. The molecule has 3 aromatic rings. The Bertz CT molecular complexity index is 771. The lowest BCUT2D eigenvalue weighted by molar-refractivity contribution is 0.0688. The van der Waals surface area contributed by atoms with Crippen LogP contribution in [0.1, 0.15) is 10.5 Å². The number of carboxylic acids is 1. The van der Waals surface area contributed by atoms with Crippen LogP contribution in [0.15, 0.2) is 54.7 Å². The Labute approximate surface area is 114 Å². The topological polar surface area (TPSA) is 42.2 Å². The summed E-state index contributed by atoms with van der Waals surface area (Å²) in [6.07, 6.45) is 1.62. The number of aromatic nitrogens is 1. The molecule has 3 rings (SSSR count). The number of carbonyl (C=O) groups is 1. The first-order valence-electron chi connectivity index (χ1n) is 5.76. The van der Waals surface area contributed by atoms with Gasteiger partial charge in [-0.1, -0.05) is 48.0 Å². The van der Waals surface area contributed by atoms with E-state index in [0.717, 1.165) is 16.5 Å². The Kier molecular flexibility index (Phi) is 2.76. The zero-order valence-electron chi connectivity index (χ0n) is 9.88. The van der Waals surface area contributed by atoms with E-state index in [0.29, 0.717) is 5.02 Å². The summed E-state index contributed by atoms with van der Waals surface area (Å²) in [5, 5.41) is 11.7. The zero-order valence-corrected chi connectivity index (χ0v) is 10.6. The first-order chi connectivity index (χ1) is 9.16. The van der Waals surface area contributed by atoms with Crippen molar-refractivity contribution in [3.05, 3.63) is 65.4 Å². The van der Waals surface area contributed by atoms with Gasteiger partial charge in [0.25, 0.3) is 0 Å². The molecule has 19 heavy (non-hydrogen) atoms. The molecule has 0 unspecified atom stereocenters. The Morgan fingerprint density at radius 2 is 1.84 bits per heavy atom. The van der Waals surface area contributed by atoms with Gasteiger partial charge in [-0.15, -0.1) is 0 Å². The third-order valence-corrected chi connectivity index (χ3v) is 3.24. The monoisotopic (exact) mass is 271 g/mol. The normalized spacial score (nSPS) is 10.8. The number of aromatic carboxylic acids is 1. The van der Waals surface area contributed by atoms with Gasteiger partial charge in [-0.3, -0.25) is 0 Å². The van der Waals surface area contributed by atoms with Gasteiger partial charge in [-0.25, -0.2) is 4.79 Å². The van der Waals surface area contributed by atoms with Crippen molar-refractivity contribution in [2.75, 3.05) is 0 Å². The molecule has 1 N–H and O–H groups in total. The highest BCUT2D eigenvalue weighted by Gasteiger charge is 2.14. The summed E-state index contributed by atoms with van der Waals surface area (Å²) in [7, 11) is 0. The van der Waals surface area contributed by atoms with Crippen LogP contribution in [0, 0.1) is 0 Å². The molecule has 94 valence electrons. The number of rotatable bonds is 2. The molecule has 1 aromatic heterocycles. The fourth-order valence-electron chi connectivity index (χ4n) is 2.21. The third kappa shape index (κ3) is 1.98. The van der Waals surface area contributed by atoms with Crippen LogP contribution in [0.4, 0.5) is 0 Å². The number of halogens is 1. The Hall–Kier alpha value is -2.26. The molecule has 0 saturated heterocycles. The molecule has 0 aliphatic rings. The Morgan fingerprint density at radius 1 is 1.11 bits per heavy atom. The molecule has 0 aliphatic carbocycles. The van der Waals surface area contributed by atoms with Crippen LogP contribution >= 0.6 is 11.6 Å². The molecule has 0 amide bonds. The number of hydrogen-bond donors (Lipinski definition) is 1. The van der Waals surface area contributed by atoms with Gasteiger partial charge in [0.05, 0.1) is 10.7 Å². The Balaban J connectivity index is 2.33. The van der Waals surface area contributed by atoms with Crippen LogP contribution in [0.5, 0.6) is 0 Å². The van der Waals surface area contributed by atoms with Crippen molar-refractivity contribution in [3.8, 4) is 5.69 Å². The molecule has 0 radical (unpaired) electrons. The van der Waals surface area contributed by atoms with Crippen LogP contribution < -0.4 is 0 Å². The molecule has 0 atom stereocenters. The summed E-state index contributed by atoms with van der Waals surface area (Å²) in [6.45, 7) is 0. The summed E-state index contributed by atoms with van der Waals surface area (Å²) in [5.74, 6) is -1.00. The maximum atomic E-state index is 11.3. The smallest absolute Gasteiger partial charge is 0.352 e. The number of nitrogens with zero attached hydrogens (tertiary/aromatic N) is 1. The zero-order chi connectivity index (χ0) is 13.4. The van der Waals surface area contributed by atoms with Crippen molar-refractivity contribution < 1.29 is 9.90 Å². The first kappa shape index (κ1) is 11.8. The summed E-state index contributed by atoms with van der Waals surface area (Å²) < 4.78 is 1.60. The van der Waals surface area contributed by atoms with Crippen molar-refractivity contribution in [1.29, 1.82) is 0 Å². The van der Waals surface area contributed by atoms with Gasteiger partial charge in [-0.05, 0) is 17.5 Å². The highest BCUT2D eigenvalue weighted by atomic mass is 35.5. The fraction of sp³-hybridized carbons (Fsp3) is 0. The van der Waals surface area contributed by atoms with E-state index < -0.39 is 5.97 Å². The highest BCUT2D eigenvalue weighted by Crippen LogP contribution is 2.26. The minimum atomic E-state index is -1.00. The second kappa shape index (κ2) is 4.44. The van der Waals surface area contributed by atoms with Gasteiger partial charge in [0.15, 0.2) is 0 Å². The van der Waals surface area contributed by atoms with Gasteiger partial charge in [0.2, 0.25) is 0 Å². The second-order valence-corrected chi connectivity index (χ2v) is 4.65. The predicted molar refractivity (Wildman–Crippen MR) is 75.2 cm³/mol. The number of carboxylic acid groups (broad SMARTS) is 1. The minimum absolute atomic E-state index is 0.154. The largest absolute Gasteiger partial charge is 0.477 e. The van der Waals surface area contributed by atoms with E-state index in [1.165, 1.54) is 6.07 Å². The molecule has 2 aromatic carbocycles. The molecule has 0 fully saturated rings. The van der Waals surface area contributed by atoms with Gasteiger partial charge in [-0.2, -0.15) is 0 Å². The SMILES string of the molecule is O=C(O)c1cc(Cl)cn1-c1cccc2ccccc12. The van der Waals surface area contributed by atoms with Gasteiger partial charge >= 0.3 is 5.97 Å². The molecular weight excluding hydrogens is 262 g/mol. The van der Waals surface area contributed by atoms with E-state index in [-0.39, 0.29) is 5.69 Å². The lowest BCUT2D eigenvalue weighted by Crippen LogP contribution is -2.05. The molecular formula is C15H10ClNO2. The molecule has 0 saturated carbocycles. The van der Waals surface area contributed by atoms with E-state index in [1.807, 2.05) is 42.5 Å². The van der Waals surface area contributed by atoms with Crippen LogP contribution in [0.2, 0.25) is 5.02 Å². The minimum Gasteiger partial charge on any atom is -0.477 e. The lowest BCUT2D eigenvalue weighted by atomic mass is 10.1. The first-order valence-corrected chi connectivity index (χ1v) is 6.14. The van der Waals surface area contributed by atoms with Crippen LogP contribution in [0.25, 0.3) is 16.5 Å². The predicted octanol–water partition coefficient (Wildman–Crippen LogP) is 3.98. The van der Waals surface area contributed by atoms with Crippen LogP contribution in [0.3, 0.4) is 0 Å². The number of hydrogen-bond acceptors (Lipinski definition) is 1. The van der Waals surface area contributed by atoms with Crippen molar-refractivity contribution in [1.82, 2.24) is 4.57 Å². The van der Waals surface area contributed by atoms with Crippen LogP contribution in [-0.4, -0.2) is 15.6 Å². The molecule has 1 heterocycles. The van der Waals surface area contributed by atoms with Crippen molar-refractivity contribution in [2.45, 2.75) is 0 Å². The maximum Gasteiger partial charge on any atom is 0.352 e. The highest BCUT2D eigenvalue weighted by molar-refractivity contribution is 6.31. The number of fused-ring (bicyclic) bond motifs is 1. The fourth-order valence-corrected chi connectivity index (χ4v) is 2.41. The van der Waals surface area contributed by atoms with E-state index >= 15 is 0 Å². The summed E-state index contributed by atoms with van der Waals surface area (Å²) in [4.78, 5) is 11.3. The molecule has 0 bridgehead atoms. The van der Waals surface area contributed by atoms with Crippen molar-refractivity contribution >= 4 is 28.3 Å². The second-order valence-electron chi connectivity index (χ2n) is 4.22. The standard InChI is InChI=1S/C15H10ClNO2/c16-11-8-14(15(18)19)17(9-11)13-7-3-5-10-4-1-2-6-12(10)13/h1-9H,(H,18,19). The van der Waals surface area contributed by atoms with E-state index in [2.05, 4.69) is 0 Å². The average molecular weight is 272 g/mol. The Morgan fingerprint density at radius 3 is 2.63 bits per heavy atom. The average Bonchev–Trinajstić information content (AvgIpc) is 2.80. The van der Waals surface area contributed by atoms with E-state index in [9.17, 15) is 9.90 Å². The maximum absolute atomic E-state index is 11.3. The van der Waals surface area contributed by atoms with Gasteiger partial charge in [0, 0.05) is 11.6 Å². The number of benzene rings is 2.